The lowest BCUT2D eigenvalue weighted by Gasteiger charge is -2.21. The third kappa shape index (κ3) is 4.13. The average molecular weight is 300 g/mol. The van der Waals surface area contributed by atoms with E-state index in [1.807, 2.05) is 0 Å². The maximum atomic E-state index is 13.5. The molecular weight excluding hydrogens is 283 g/mol. The molecule has 0 amide bonds. The molecule has 0 aliphatic carbocycles. The first-order valence-corrected chi connectivity index (χ1v) is 7.10. The second kappa shape index (κ2) is 7.52. The Kier molecular flexibility index (Phi) is 6.32. The van der Waals surface area contributed by atoms with Gasteiger partial charge in [-0.3, -0.25) is 9.59 Å². The molecule has 110 valence electrons. The van der Waals surface area contributed by atoms with Gasteiger partial charge >= 0.3 is 0 Å². The van der Waals surface area contributed by atoms with Gasteiger partial charge in [0, 0.05) is 12.7 Å². The summed E-state index contributed by atoms with van der Waals surface area (Å²) in [6.07, 6.45) is -2.03. The zero-order valence-electron chi connectivity index (χ0n) is 11.3. The van der Waals surface area contributed by atoms with Gasteiger partial charge in [-0.25, -0.2) is 4.39 Å². The number of aryl methyl sites for hydroxylation is 1. The van der Waals surface area contributed by atoms with Crippen LogP contribution >= 0.6 is 11.8 Å². The highest BCUT2D eigenvalue weighted by Gasteiger charge is 2.24. The molecule has 1 aromatic carbocycles. The molecule has 2 N–H and O–H groups in total. The number of aliphatic hydroxyl groups excluding tert-OH is 2. The highest BCUT2D eigenvalue weighted by molar-refractivity contribution is 8.13. The molecule has 6 heteroatoms. The van der Waals surface area contributed by atoms with Gasteiger partial charge in [-0.1, -0.05) is 17.8 Å². The van der Waals surface area contributed by atoms with Crippen molar-refractivity contribution in [3.8, 4) is 0 Å². The molecule has 1 aromatic rings. The van der Waals surface area contributed by atoms with Crippen LogP contribution in [0.1, 0.15) is 40.9 Å². The minimum Gasteiger partial charge on any atom is -0.390 e. The summed E-state index contributed by atoms with van der Waals surface area (Å²) in [4.78, 5) is 21.7. The van der Waals surface area contributed by atoms with Crippen molar-refractivity contribution < 1.29 is 24.2 Å². The fourth-order valence-corrected chi connectivity index (χ4v) is 2.55. The zero-order valence-corrected chi connectivity index (χ0v) is 12.1. The van der Waals surface area contributed by atoms with Crippen molar-refractivity contribution in [2.75, 3.05) is 5.75 Å². The Morgan fingerprint density at radius 2 is 2.10 bits per heavy atom. The number of carbonyl (C=O) groups is 2. The number of hydrogen-bond donors (Lipinski definition) is 2. The monoisotopic (exact) mass is 300 g/mol. The quantitative estimate of drug-likeness (QED) is 0.786. The predicted octanol–water partition coefficient (Wildman–Crippen LogP) is 2.01. The van der Waals surface area contributed by atoms with Gasteiger partial charge in [0.05, 0.1) is 11.7 Å². The van der Waals surface area contributed by atoms with Crippen molar-refractivity contribution in [1.82, 2.24) is 0 Å². The molecule has 0 saturated heterocycles. The first-order valence-electron chi connectivity index (χ1n) is 6.12. The molecule has 0 saturated carbocycles. The third-order valence-electron chi connectivity index (χ3n) is 2.95. The van der Waals surface area contributed by atoms with E-state index in [0.29, 0.717) is 17.6 Å². The van der Waals surface area contributed by atoms with Crippen LogP contribution in [-0.2, 0) is 4.79 Å². The Morgan fingerprint density at radius 1 is 1.45 bits per heavy atom. The van der Waals surface area contributed by atoms with Crippen LogP contribution in [0.3, 0.4) is 0 Å². The van der Waals surface area contributed by atoms with Gasteiger partial charge in [0.15, 0.2) is 11.4 Å². The number of aliphatic hydroxyl groups is 2. The lowest BCUT2D eigenvalue weighted by molar-refractivity contribution is -0.109. The highest BCUT2D eigenvalue weighted by atomic mass is 32.2. The fraction of sp³-hybridized carbons (Fsp3) is 0.429. The third-order valence-corrected chi connectivity index (χ3v) is 3.80. The topological polar surface area (TPSA) is 74.6 Å². The summed E-state index contributed by atoms with van der Waals surface area (Å²) >= 11 is 1.04. The number of hydrogen-bond acceptors (Lipinski definition) is 5. The lowest BCUT2D eigenvalue weighted by atomic mass is 9.93. The molecule has 0 spiro atoms. The number of aldehydes is 1. The Hall–Kier alpha value is -1.24. The van der Waals surface area contributed by atoms with Crippen molar-refractivity contribution in [3.63, 3.8) is 0 Å². The second-order valence-electron chi connectivity index (χ2n) is 4.45. The van der Waals surface area contributed by atoms with E-state index < -0.39 is 18.0 Å². The van der Waals surface area contributed by atoms with E-state index >= 15 is 0 Å². The first-order chi connectivity index (χ1) is 9.38. The van der Waals surface area contributed by atoms with Gasteiger partial charge in [-0.15, -0.1) is 0 Å². The van der Waals surface area contributed by atoms with Crippen molar-refractivity contribution in [3.05, 3.63) is 34.6 Å². The van der Waals surface area contributed by atoms with E-state index in [2.05, 4.69) is 0 Å². The molecule has 4 nitrogen and oxygen atoms in total. The van der Waals surface area contributed by atoms with Crippen LogP contribution < -0.4 is 0 Å². The summed E-state index contributed by atoms with van der Waals surface area (Å²) in [5, 5.41) is 19.9. The van der Waals surface area contributed by atoms with Crippen molar-refractivity contribution in [2.45, 2.75) is 32.5 Å². The molecule has 20 heavy (non-hydrogen) atoms. The number of halogens is 1. The molecule has 0 fully saturated rings. The average Bonchev–Trinajstić information content (AvgIpc) is 2.39. The summed E-state index contributed by atoms with van der Waals surface area (Å²) in [6.45, 7) is 3.04. The molecule has 2 unspecified atom stereocenters. The number of rotatable bonds is 6. The molecule has 1 rings (SSSR count). The number of carbonyl (C=O) groups excluding carboxylic acids is 2. The van der Waals surface area contributed by atoms with Gasteiger partial charge in [0.2, 0.25) is 0 Å². The fourth-order valence-electron chi connectivity index (χ4n) is 1.90. The van der Waals surface area contributed by atoms with Gasteiger partial charge in [0.25, 0.3) is 0 Å². The van der Waals surface area contributed by atoms with E-state index in [9.17, 15) is 24.2 Å². The number of thioether (sulfide) groups is 1. The largest absolute Gasteiger partial charge is 0.390 e. The van der Waals surface area contributed by atoms with Crippen molar-refractivity contribution in [1.29, 1.82) is 0 Å². The molecule has 0 heterocycles. The minimum absolute atomic E-state index is 0.0813. The van der Waals surface area contributed by atoms with E-state index in [4.69, 9.17) is 0 Å². The molecule has 0 aromatic heterocycles. The summed E-state index contributed by atoms with van der Waals surface area (Å²) in [5.74, 6) is -0.386. The molecular formula is C14H17FO4S. The minimum atomic E-state index is -1.36. The maximum Gasteiger partial charge on any atom is 0.185 e. The van der Waals surface area contributed by atoms with Gasteiger partial charge in [-0.05, 0) is 30.5 Å². The summed E-state index contributed by atoms with van der Waals surface area (Å²) in [5.41, 5.74) is 0.385. The Balaban J connectivity index is 2.91. The predicted molar refractivity (Wildman–Crippen MR) is 75.2 cm³/mol. The van der Waals surface area contributed by atoms with Crippen LogP contribution in [0.25, 0.3) is 0 Å². The molecule has 0 aliphatic rings. The van der Waals surface area contributed by atoms with Crippen LogP contribution in [0.2, 0.25) is 0 Å². The SMILES string of the molecule is CC(=O)SCCC(O)C(O)c1c(C)ccc(F)c1C=O. The van der Waals surface area contributed by atoms with Gasteiger partial charge in [0.1, 0.15) is 11.9 Å². The molecule has 0 bridgehead atoms. The van der Waals surface area contributed by atoms with Crippen LogP contribution in [0, 0.1) is 12.7 Å². The van der Waals surface area contributed by atoms with E-state index in [1.165, 1.54) is 13.0 Å². The van der Waals surface area contributed by atoms with Gasteiger partial charge in [-0.2, -0.15) is 0 Å². The lowest BCUT2D eigenvalue weighted by Crippen LogP contribution is -2.22. The standard InChI is InChI=1S/C14H17FO4S/c1-8-3-4-11(15)10(7-16)13(8)14(19)12(18)5-6-20-9(2)17/h3-4,7,12,14,18-19H,5-6H2,1-2H3. The van der Waals surface area contributed by atoms with Crippen molar-refractivity contribution >= 4 is 23.2 Å². The summed E-state index contributed by atoms with van der Waals surface area (Å²) in [6, 6.07) is 2.59. The summed E-state index contributed by atoms with van der Waals surface area (Å²) in [7, 11) is 0. The van der Waals surface area contributed by atoms with E-state index in [-0.39, 0.29) is 22.7 Å². The highest BCUT2D eigenvalue weighted by Crippen LogP contribution is 2.27. The molecule has 2 atom stereocenters. The second-order valence-corrected chi connectivity index (χ2v) is 5.72. The Morgan fingerprint density at radius 3 is 2.65 bits per heavy atom. The van der Waals surface area contributed by atoms with Gasteiger partial charge < -0.3 is 10.2 Å². The normalized spacial score (nSPS) is 13.8. The number of benzene rings is 1. The van der Waals surface area contributed by atoms with Crippen LogP contribution in [0.4, 0.5) is 4.39 Å². The van der Waals surface area contributed by atoms with E-state index in [1.54, 1.807) is 6.92 Å². The Labute approximate surface area is 121 Å². The van der Waals surface area contributed by atoms with E-state index in [0.717, 1.165) is 17.8 Å². The molecule has 0 radical (unpaired) electrons. The van der Waals surface area contributed by atoms with Crippen LogP contribution in [0.15, 0.2) is 12.1 Å². The Bertz CT molecular complexity index is 504. The van der Waals surface area contributed by atoms with Crippen molar-refractivity contribution in [2.24, 2.45) is 0 Å². The summed E-state index contributed by atoms with van der Waals surface area (Å²) < 4.78 is 13.5. The smallest absolute Gasteiger partial charge is 0.185 e. The first kappa shape index (κ1) is 16.8. The maximum absolute atomic E-state index is 13.5. The van der Waals surface area contributed by atoms with Crippen LogP contribution in [-0.4, -0.2) is 33.5 Å². The van der Waals surface area contributed by atoms with Crippen LogP contribution in [0.5, 0.6) is 0 Å². The zero-order chi connectivity index (χ0) is 15.3. The molecule has 0 aliphatic heterocycles.